The molecule has 0 radical (unpaired) electrons. The highest BCUT2D eigenvalue weighted by atomic mass is 32.1. The molecule has 0 saturated heterocycles. The third kappa shape index (κ3) is 3.38. The summed E-state index contributed by atoms with van der Waals surface area (Å²) < 4.78 is 29.5. The molecule has 0 N–H and O–H groups in total. The Hall–Kier alpha value is -2.94. The standard InChI is InChI=1S/C17H13F2N3O3S/c1-2-7-21-15-13(19)8-11(18)9-14(15)26-17(21)20-16(23)10-3-5-12(6-4-10)22(24)25/h3-6,8-9H,2,7H2,1H3. The third-order valence-electron chi connectivity index (χ3n) is 3.66. The van der Waals surface area contributed by atoms with Gasteiger partial charge >= 0.3 is 0 Å². The van der Waals surface area contributed by atoms with Crippen LogP contribution in [0.2, 0.25) is 0 Å². The molecule has 1 amide bonds. The number of nitro benzene ring substituents is 1. The molecule has 6 nitrogen and oxygen atoms in total. The molecule has 0 bridgehead atoms. The molecular weight excluding hydrogens is 364 g/mol. The SMILES string of the molecule is CCCn1c(=NC(=O)c2ccc([N+](=O)[O-])cc2)sc2cc(F)cc(F)c21. The first-order valence-electron chi connectivity index (χ1n) is 7.72. The van der Waals surface area contributed by atoms with Crippen LogP contribution in [0.15, 0.2) is 41.4 Å². The van der Waals surface area contributed by atoms with E-state index in [9.17, 15) is 23.7 Å². The van der Waals surface area contributed by atoms with E-state index >= 15 is 0 Å². The Kier molecular flexibility index (Phi) is 4.90. The van der Waals surface area contributed by atoms with Gasteiger partial charge in [0.05, 0.1) is 15.1 Å². The number of rotatable bonds is 4. The number of nitro groups is 1. The average Bonchev–Trinajstić information content (AvgIpc) is 2.92. The molecule has 1 aromatic heterocycles. The lowest BCUT2D eigenvalue weighted by Gasteiger charge is -2.03. The number of thiazole rings is 1. The summed E-state index contributed by atoms with van der Waals surface area (Å²) in [4.78, 5) is 26.7. The summed E-state index contributed by atoms with van der Waals surface area (Å²) in [6, 6.07) is 7.03. The monoisotopic (exact) mass is 377 g/mol. The van der Waals surface area contributed by atoms with Crippen molar-refractivity contribution >= 4 is 33.1 Å². The molecule has 0 saturated carbocycles. The summed E-state index contributed by atoms with van der Waals surface area (Å²) in [5, 5.41) is 10.7. The second kappa shape index (κ2) is 7.12. The minimum absolute atomic E-state index is 0.137. The number of benzene rings is 2. The topological polar surface area (TPSA) is 77.5 Å². The lowest BCUT2D eigenvalue weighted by molar-refractivity contribution is -0.384. The fourth-order valence-corrected chi connectivity index (χ4v) is 3.62. The Morgan fingerprint density at radius 2 is 1.96 bits per heavy atom. The molecule has 0 fully saturated rings. The molecule has 0 unspecified atom stereocenters. The number of carbonyl (C=O) groups is 1. The average molecular weight is 377 g/mol. The molecule has 0 aliphatic rings. The maximum Gasteiger partial charge on any atom is 0.279 e. The fraction of sp³-hybridized carbons (Fsp3) is 0.176. The first kappa shape index (κ1) is 17.9. The lowest BCUT2D eigenvalue weighted by Crippen LogP contribution is -2.17. The van der Waals surface area contributed by atoms with E-state index in [2.05, 4.69) is 4.99 Å². The van der Waals surface area contributed by atoms with Crippen LogP contribution in [-0.2, 0) is 6.54 Å². The number of amides is 1. The Morgan fingerprint density at radius 3 is 2.58 bits per heavy atom. The van der Waals surface area contributed by atoms with Gasteiger partial charge in [-0.2, -0.15) is 4.99 Å². The minimum atomic E-state index is -0.714. The highest BCUT2D eigenvalue weighted by Gasteiger charge is 2.14. The molecule has 134 valence electrons. The van der Waals surface area contributed by atoms with E-state index in [4.69, 9.17) is 0 Å². The number of hydrogen-bond acceptors (Lipinski definition) is 4. The summed E-state index contributed by atoms with van der Waals surface area (Å²) in [7, 11) is 0. The summed E-state index contributed by atoms with van der Waals surface area (Å²) in [6.07, 6.45) is 0.668. The largest absolute Gasteiger partial charge is 0.314 e. The van der Waals surface area contributed by atoms with Crippen LogP contribution in [0.4, 0.5) is 14.5 Å². The van der Waals surface area contributed by atoms with Crippen LogP contribution in [0.25, 0.3) is 10.2 Å². The van der Waals surface area contributed by atoms with Crippen LogP contribution < -0.4 is 4.80 Å². The molecule has 26 heavy (non-hydrogen) atoms. The van der Waals surface area contributed by atoms with Crippen LogP contribution in [0.5, 0.6) is 0 Å². The molecule has 0 aliphatic heterocycles. The van der Waals surface area contributed by atoms with Crippen LogP contribution in [0, 0.1) is 21.7 Å². The van der Waals surface area contributed by atoms with Crippen molar-refractivity contribution in [2.45, 2.75) is 19.9 Å². The van der Waals surface area contributed by atoms with Crippen molar-refractivity contribution in [3.05, 3.63) is 68.5 Å². The number of carbonyl (C=O) groups excluding carboxylic acids is 1. The van der Waals surface area contributed by atoms with Crippen molar-refractivity contribution in [2.75, 3.05) is 0 Å². The highest BCUT2D eigenvalue weighted by molar-refractivity contribution is 7.16. The summed E-state index contributed by atoms with van der Waals surface area (Å²) in [5.74, 6) is -2.03. The van der Waals surface area contributed by atoms with Gasteiger partial charge in [-0.05, 0) is 24.6 Å². The third-order valence-corrected chi connectivity index (χ3v) is 4.69. The fourth-order valence-electron chi connectivity index (χ4n) is 2.52. The molecule has 2 aromatic carbocycles. The van der Waals surface area contributed by atoms with Crippen LogP contribution >= 0.6 is 11.3 Å². The minimum Gasteiger partial charge on any atom is -0.314 e. The van der Waals surface area contributed by atoms with Crippen molar-refractivity contribution in [3.63, 3.8) is 0 Å². The molecule has 1 heterocycles. The normalized spacial score (nSPS) is 11.9. The zero-order chi connectivity index (χ0) is 18.8. The maximum atomic E-state index is 14.2. The van der Waals surface area contributed by atoms with Gasteiger partial charge in [-0.3, -0.25) is 14.9 Å². The van der Waals surface area contributed by atoms with Crippen LogP contribution in [-0.4, -0.2) is 15.4 Å². The number of aromatic nitrogens is 1. The second-order valence-corrected chi connectivity index (χ2v) is 6.50. The molecule has 3 rings (SSSR count). The van der Waals surface area contributed by atoms with Crippen molar-refractivity contribution in [3.8, 4) is 0 Å². The number of non-ortho nitro benzene ring substituents is 1. The first-order chi connectivity index (χ1) is 12.4. The number of aryl methyl sites for hydroxylation is 1. The van der Waals surface area contributed by atoms with Gasteiger partial charge in [-0.15, -0.1) is 0 Å². The van der Waals surface area contributed by atoms with Gasteiger partial charge < -0.3 is 4.57 Å². The number of hydrogen-bond donors (Lipinski definition) is 0. The molecule has 0 atom stereocenters. The van der Waals surface area contributed by atoms with Gasteiger partial charge in [0.1, 0.15) is 5.82 Å². The van der Waals surface area contributed by atoms with E-state index in [1.54, 1.807) is 0 Å². The smallest absolute Gasteiger partial charge is 0.279 e. The van der Waals surface area contributed by atoms with Crippen molar-refractivity contribution < 1.29 is 18.5 Å². The molecule has 9 heteroatoms. The summed E-state index contributed by atoms with van der Waals surface area (Å²) in [6.45, 7) is 2.30. The molecule has 0 aliphatic carbocycles. The van der Waals surface area contributed by atoms with E-state index in [1.165, 1.54) is 34.9 Å². The van der Waals surface area contributed by atoms with Gasteiger partial charge in [0.25, 0.3) is 11.6 Å². The predicted octanol–water partition coefficient (Wildman–Crippen LogP) is 4.04. The van der Waals surface area contributed by atoms with Crippen molar-refractivity contribution in [1.82, 2.24) is 4.57 Å². The van der Waals surface area contributed by atoms with E-state index in [0.717, 1.165) is 17.4 Å². The van der Waals surface area contributed by atoms with Gasteiger partial charge in [0, 0.05) is 30.3 Å². The summed E-state index contributed by atoms with van der Waals surface area (Å²) in [5.41, 5.74) is 0.235. The number of nitrogens with zero attached hydrogens (tertiary/aromatic N) is 3. The molecular formula is C17H13F2N3O3S. The van der Waals surface area contributed by atoms with Crippen LogP contribution in [0.1, 0.15) is 23.7 Å². The van der Waals surface area contributed by atoms with Crippen molar-refractivity contribution in [2.24, 2.45) is 4.99 Å². The van der Waals surface area contributed by atoms with Crippen molar-refractivity contribution in [1.29, 1.82) is 0 Å². The van der Waals surface area contributed by atoms with E-state index in [1.807, 2.05) is 6.92 Å². The van der Waals surface area contributed by atoms with E-state index in [0.29, 0.717) is 17.7 Å². The van der Waals surface area contributed by atoms with Gasteiger partial charge in [-0.1, -0.05) is 18.3 Å². The zero-order valence-electron chi connectivity index (χ0n) is 13.6. The quantitative estimate of drug-likeness (QED) is 0.508. The summed E-state index contributed by atoms with van der Waals surface area (Å²) >= 11 is 1.01. The Balaban J connectivity index is 2.11. The Morgan fingerprint density at radius 1 is 1.27 bits per heavy atom. The van der Waals surface area contributed by atoms with Gasteiger partial charge in [0.15, 0.2) is 10.6 Å². The highest BCUT2D eigenvalue weighted by Crippen LogP contribution is 2.22. The number of halogens is 2. The first-order valence-corrected chi connectivity index (χ1v) is 8.54. The number of fused-ring (bicyclic) bond motifs is 1. The maximum absolute atomic E-state index is 14.2. The lowest BCUT2D eigenvalue weighted by atomic mass is 10.2. The zero-order valence-corrected chi connectivity index (χ0v) is 14.4. The van der Waals surface area contributed by atoms with Crippen LogP contribution in [0.3, 0.4) is 0 Å². The predicted molar refractivity (Wildman–Crippen MR) is 93.0 cm³/mol. The Bertz CT molecular complexity index is 1070. The molecule has 3 aromatic rings. The van der Waals surface area contributed by atoms with Gasteiger partial charge in [-0.25, -0.2) is 8.78 Å². The van der Waals surface area contributed by atoms with E-state index < -0.39 is 22.5 Å². The second-order valence-electron chi connectivity index (χ2n) is 5.49. The van der Waals surface area contributed by atoms with E-state index in [-0.39, 0.29) is 21.6 Å². The molecule has 0 spiro atoms. The Labute approximate surface area is 150 Å². The van der Waals surface area contributed by atoms with Gasteiger partial charge in [0.2, 0.25) is 0 Å².